The second kappa shape index (κ2) is 8.07. The number of fused-ring (bicyclic) bond motifs is 1. The highest BCUT2D eigenvalue weighted by Gasteiger charge is 2.26. The second-order valence-electron chi connectivity index (χ2n) is 6.55. The molecule has 140 valence electrons. The number of ether oxygens (including phenoxy) is 1. The second-order valence-corrected chi connectivity index (χ2v) is 8.34. The van der Waals surface area contributed by atoms with Gasteiger partial charge in [0, 0.05) is 33.9 Å². The van der Waals surface area contributed by atoms with Crippen LogP contribution in [0.4, 0.5) is 10.1 Å². The molecule has 2 aromatic carbocycles. The van der Waals surface area contributed by atoms with Crippen molar-refractivity contribution in [3.8, 4) is 5.75 Å². The molecule has 27 heavy (non-hydrogen) atoms. The van der Waals surface area contributed by atoms with Gasteiger partial charge in [-0.05, 0) is 61.6 Å². The molecule has 4 rings (SSSR count). The number of halogens is 2. The van der Waals surface area contributed by atoms with Crippen molar-refractivity contribution in [2.24, 2.45) is 0 Å². The summed E-state index contributed by atoms with van der Waals surface area (Å²) in [5, 5.41) is 1.07. The number of rotatable bonds is 4. The fourth-order valence-corrected chi connectivity index (χ4v) is 4.29. The Morgan fingerprint density at radius 3 is 2.89 bits per heavy atom. The van der Waals surface area contributed by atoms with Crippen LogP contribution in [0, 0.1) is 5.82 Å². The highest BCUT2D eigenvalue weighted by Crippen LogP contribution is 2.34. The van der Waals surface area contributed by atoms with Crippen LogP contribution in [-0.2, 0) is 0 Å². The largest absolute Gasteiger partial charge is 0.467 e. The molecule has 0 amide bonds. The minimum atomic E-state index is -0.310. The maximum Gasteiger partial charge on any atom is 0.172 e. The van der Waals surface area contributed by atoms with E-state index in [4.69, 9.17) is 4.74 Å². The fourth-order valence-electron chi connectivity index (χ4n) is 3.50. The van der Waals surface area contributed by atoms with Crippen LogP contribution in [0.25, 0.3) is 10.9 Å². The summed E-state index contributed by atoms with van der Waals surface area (Å²) < 4.78 is 21.6. The number of aromatic nitrogens is 1. The summed E-state index contributed by atoms with van der Waals surface area (Å²) in [7, 11) is 0. The summed E-state index contributed by atoms with van der Waals surface area (Å²) in [6.45, 7) is 0.876. The molecule has 1 aromatic heterocycles. The number of anilines is 1. The van der Waals surface area contributed by atoms with Gasteiger partial charge >= 0.3 is 0 Å². The van der Waals surface area contributed by atoms with Crippen molar-refractivity contribution in [3.63, 3.8) is 0 Å². The molecular weight excluding hydrogens is 427 g/mol. The first-order valence-electron chi connectivity index (χ1n) is 8.97. The van der Waals surface area contributed by atoms with Crippen LogP contribution in [0.2, 0.25) is 0 Å². The predicted octanol–water partition coefficient (Wildman–Crippen LogP) is 6.25. The molecule has 0 saturated carbocycles. The predicted molar refractivity (Wildman–Crippen MR) is 113 cm³/mol. The van der Waals surface area contributed by atoms with Crippen molar-refractivity contribution in [2.45, 2.75) is 30.4 Å². The number of hydrogen-bond acceptors (Lipinski definition) is 4. The third-order valence-electron chi connectivity index (χ3n) is 4.84. The molecule has 0 radical (unpaired) electrons. The van der Waals surface area contributed by atoms with Crippen molar-refractivity contribution in [1.82, 2.24) is 4.98 Å². The van der Waals surface area contributed by atoms with Gasteiger partial charge in [-0.25, -0.2) is 4.39 Å². The average molecular weight is 447 g/mol. The normalized spacial score (nSPS) is 17.3. The lowest BCUT2D eigenvalue weighted by Gasteiger charge is -2.37. The third-order valence-corrected chi connectivity index (χ3v) is 6.06. The summed E-state index contributed by atoms with van der Waals surface area (Å²) in [5.74, 6) is -0.000975. The summed E-state index contributed by atoms with van der Waals surface area (Å²) in [6.07, 6.45) is 6.58. The van der Waals surface area contributed by atoms with Crippen LogP contribution in [0.3, 0.4) is 0 Å². The number of pyridine rings is 1. The monoisotopic (exact) mass is 446 g/mol. The number of nitrogens with zero attached hydrogens (tertiary/aromatic N) is 2. The Balaban J connectivity index is 1.68. The Hall–Kier alpha value is -1.79. The number of hydrogen-bond donors (Lipinski definition) is 0. The molecule has 6 heteroatoms. The summed E-state index contributed by atoms with van der Waals surface area (Å²) >= 11 is 5.07. The highest BCUT2D eigenvalue weighted by molar-refractivity contribution is 9.10. The van der Waals surface area contributed by atoms with E-state index in [-0.39, 0.29) is 12.0 Å². The molecule has 0 spiro atoms. The topological polar surface area (TPSA) is 25.4 Å². The number of piperidine rings is 1. The maximum absolute atomic E-state index is 14.5. The quantitative estimate of drug-likeness (QED) is 0.442. The lowest BCUT2D eigenvalue weighted by Crippen LogP contribution is -2.43. The zero-order valence-electron chi connectivity index (χ0n) is 15.0. The molecule has 0 bridgehead atoms. The van der Waals surface area contributed by atoms with E-state index in [0.29, 0.717) is 5.75 Å². The van der Waals surface area contributed by atoms with E-state index >= 15 is 0 Å². The smallest absolute Gasteiger partial charge is 0.172 e. The molecule has 1 fully saturated rings. The van der Waals surface area contributed by atoms with Crippen molar-refractivity contribution >= 4 is 44.3 Å². The minimum absolute atomic E-state index is 0.196. The van der Waals surface area contributed by atoms with Crippen LogP contribution in [0.1, 0.15) is 19.3 Å². The van der Waals surface area contributed by atoms with E-state index in [9.17, 15) is 4.39 Å². The van der Waals surface area contributed by atoms with Gasteiger partial charge < -0.3 is 9.64 Å². The zero-order valence-corrected chi connectivity index (χ0v) is 17.4. The summed E-state index contributed by atoms with van der Waals surface area (Å²) in [6, 6.07) is 13.3. The number of benzene rings is 2. The van der Waals surface area contributed by atoms with Gasteiger partial charge in [0.25, 0.3) is 0 Å². The molecule has 3 aromatic rings. The van der Waals surface area contributed by atoms with E-state index in [1.165, 1.54) is 17.8 Å². The van der Waals surface area contributed by atoms with Crippen LogP contribution < -0.4 is 9.64 Å². The van der Waals surface area contributed by atoms with Crippen molar-refractivity contribution < 1.29 is 9.13 Å². The first-order valence-corrected chi connectivity index (χ1v) is 11.0. The minimum Gasteiger partial charge on any atom is -0.467 e. The lowest BCUT2D eigenvalue weighted by molar-refractivity contribution is 0.158. The van der Waals surface area contributed by atoms with E-state index in [2.05, 4.69) is 31.9 Å². The molecule has 1 unspecified atom stereocenters. The highest BCUT2D eigenvalue weighted by atomic mass is 79.9. The van der Waals surface area contributed by atoms with Crippen molar-refractivity contribution in [1.29, 1.82) is 0 Å². The van der Waals surface area contributed by atoms with Gasteiger partial charge in [0.2, 0.25) is 0 Å². The van der Waals surface area contributed by atoms with E-state index < -0.39 is 0 Å². The van der Waals surface area contributed by atoms with E-state index in [0.717, 1.165) is 51.8 Å². The van der Waals surface area contributed by atoms with Gasteiger partial charge in [-0.15, -0.1) is 11.8 Å². The van der Waals surface area contributed by atoms with Gasteiger partial charge in [0.15, 0.2) is 17.8 Å². The van der Waals surface area contributed by atoms with Gasteiger partial charge in [-0.3, -0.25) is 4.98 Å². The molecule has 0 aliphatic carbocycles. The SMILES string of the molecule is CSc1ccc(OC2CCCCN2c2ccnc3ccc(Br)cc23)c(F)c1. The first-order chi connectivity index (χ1) is 13.2. The van der Waals surface area contributed by atoms with Crippen LogP contribution >= 0.6 is 27.7 Å². The maximum atomic E-state index is 14.5. The molecule has 1 aliphatic heterocycles. The van der Waals surface area contributed by atoms with Gasteiger partial charge in [-0.2, -0.15) is 0 Å². The summed E-state index contributed by atoms with van der Waals surface area (Å²) in [5.41, 5.74) is 2.02. The Kier molecular flexibility index (Phi) is 5.55. The molecule has 0 N–H and O–H groups in total. The van der Waals surface area contributed by atoms with Gasteiger partial charge in [-0.1, -0.05) is 15.9 Å². The van der Waals surface area contributed by atoms with E-state index in [1.54, 1.807) is 6.07 Å². The van der Waals surface area contributed by atoms with Gasteiger partial charge in [0.1, 0.15) is 0 Å². The Morgan fingerprint density at radius 2 is 2.07 bits per heavy atom. The summed E-state index contributed by atoms with van der Waals surface area (Å²) in [4.78, 5) is 7.60. The molecular formula is C21H20BrFN2OS. The van der Waals surface area contributed by atoms with Crippen molar-refractivity contribution in [2.75, 3.05) is 17.7 Å². The van der Waals surface area contributed by atoms with Crippen LogP contribution in [-0.4, -0.2) is 24.0 Å². The molecule has 1 atom stereocenters. The lowest BCUT2D eigenvalue weighted by atomic mass is 10.1. The Bertz CT molecular complexity index is 968. The molecule has 3 nitrogen and oxygen atoms in total. The van der Waals surface area contributed by atoms with E-state index in [1.807, 2.05) is 36.7 Å². The molecule has 1 saturated heterocycles. The van der Waals surface area contributed by atoms with Gasteiger partial charge in [0.05, 0.1) is 11.2 Å². The molecule has 1 aliphatic rings. The fraction of sp³-hybridized carbons (Fsp3) is 0.286. The van der Waals surface area contributed by atoms with Crippen LogP contribution in [0.15, 0.2) is 58.0 Å². The standard InChI is InChI=1S/C21H20BrFN2OS/c1-27-15-6-8-20(17(23)13-15)26-21-4-2-3-11-25(21)19-9-10-24-18-7-5-14(22)12-16(18)19/h5-10,12-13,21H,2-4,11H2,1H3. The Labute approximate surface area is 171 Å². The average Bonchev–Trinajstić information content (AvgIpc) is 2.69. The first kappa shape index (κ1) is 18.6. The van der Waals surface area contributed by atoms with Crippen molar-refractivity contribution in [3.05, 3.63) is 59.0 Å². The third kappa shape index (κ3) is 3.92. The van der Waals surface area contributed by atoms with Crippen LogP contribution in [0.5, 0.6) is 5.75 Å². The molecule has 2 heterocycles. The zero-order chi connectivity index (χ0) is 18.8. The Morgan fingerprint density at radius 1 is 1.19 bits per heavy atom. The number of thioether (sulfide) groups is 1.